The van der Waals surface area contributed by atoms with E-state index in [1.54, 1.807) is 4.90 Å². The molecule has 11 nitrogen and oxygen atoms in total. The number of aryl methyl sites for hydroxylation is 4. The molecule has 11 heteroatoms. The number of pyridine rings is 1. The Morgan fingerprint density at radius 1 is 1.02 bits per heavy atom. The number of carbonyl (C=O) groups is 2. The van der Waals surface area contributed by atoms with E-state index in [9.17, 15) is 9.59 Å². The Balaban J connectivity index is 1.18. The van der Waals surface area contributed by atoms with Crippen LogP contribution in [0.2, 0.25) is 0 Å². The van der Waals surface area contributed by atoms with Gasteiger partial charge in [-0.15, -0.1) is 0 Å². The van der Waals surface area contributed by atoms with Crippen molar-refractivity contribution < 1.29 is 19.1 Å². The van der Waals surface area contributed by atoms with E-state index in [4.69, 9.17) is 19.6 Å². The van der Waals surface area contributed by atoms with Crippen LogP contribution in [0.3, 0.4) is 0 Å². The standard InChI is InChI=1S/C39H55N7O4/c1-27-20-28(2)46(42-27)35-22-31(21-34(24-35)44-16-18-45(19-17-44)38(48)50-39(3,4)5)32(23-36(47)49-6)26-43-15-13-29(25-43)9-11-33-12-10-30-8-7-14-40-37(30)41-33/h10,12,20-22,24,29,32H,7-9,11,13-19,23,25-26H2,1-6H3,(H,40,41)/t29-,32+/m1/s1. The maximum Gasteiger partial charge on any atom is 0.410 e. The number of anilines is 2. The number of ether oxygens (including phenoxy) is 2. The Kier molecular flexibility index (Phi) is 11.0. The number of nitrogens with one attached hydrogen (secondary N) is 1. The van der Waals surface area contributed by atoms with Gasteiger partial charge < -0.3 is 29.5 Å². The van der Waals surface area contributed by atoms with Crippen LogP contribution in [0, 0.1) is 19.8 Å². The van der Waals surface area contributed by atoms with Crippen molar-refractivity contribution in [2.45, 2.75) is 84.7 Å². The zero-order chi connectivity index (χ0) is 35.4. The summed E-state index contributed by atoms with van der Waals surface area (Å²) < 4.78 is 12.9. The molecule has 0 aliphatic carbocycles. The quantitative estimate of drug-likeness (QED) is 0.261. The molecule has 2 aromatic heterocycles. The number of nitrogens with zero attached hydrogens (tertiary/aromatic N) is 6. The maximum absolute atomic E-state index is 12.9. The molecule has 270 valence electrons. The van der Waals surface area contributed by atoms with Crippen molar-refractivity contribution in [1.82, 2.24) is 24.6 Å². The van der Waals surface area contributed by atoms with Crippen molar-refractivity contribution in [3.63, 3.8) is 0 Å². The summed E-state index contributed by atoms with van der Waals surface area (Å²) in [6, 6.07) is 13.1. The number of esters is 1. The summed E-state index contributed by atoms with van der Waals surface area (Å²) in [5.74, 6) is 1.41. The zero-order valence-corrected chi connectivity index (χ0v) is 30.8. The molecule has 6 rings (SSSR count). The number of methoxy groups -OCH3 is 1. The van der Waals surface area contributed by atoms with Crippen LogP contribution in [0.1, 0.15) is 80.6 Å². The van der Waals surface area contributed by atoms with Crippen molar-refractivity contribution in [2.75, 3.05) is 69.7 Å². The summed E-state index contributed by atoms with van der Waals surface area (Å²) in [6.45, 7) is 16.1. The number of benzene rings is 1. The molecule has 0 unspecified atom stereocenters. The predicted molar refractivity (Wildman–Crippen MR) is 196 cm³/mol. The minimum Gasteiger partial charge on any atom is -0.469 e. The molecule has 0 bridgehead atoms. The van der Waals surface area contributed by atoms with Gasteiger partial charge in [0.1, 0.15) is 11.4 Å². The first-order valence-electron chi connectivity index (χ1n) is 18.4. The highest BCUT2D eigenvalue weighted by Gasteiger charge is 2.30. The second-order valence-corrected chi connectivity index (χ2v) is 15.3. The van der Waals surface area contributed by atoms with E-state index in [1.165, 1.54) is 24.8 Å². The van der Waals surface area contributed by atoms with Gasteiger partial charge in [0.05, 0.1) is 24.9 Å². The third-order valence-electron chi connectivity index (χ3n) is 10.2. The van der Waals surface area contributed by atoms with Crippen LogP contribution in [-0.4, -0.2) is 102 Å². The van der Waals surface area contributed by atoms with Gasteiger partial charge in [-0.1, -0.05) is 6.07 Å². The average molecular weight is 686 g/mol. The predicted octanol–water partition coefficient (Wildman–Crippen LogP) is 5.90. The third kappa shape index (κ3) is 8.96. The Bertz CT molecular complexity index is 1660. The van der Waals surface area contributed by atoms with E-state index >= 15 is 0 Å². The normalized spacial score (nSPS) is 18.8. The summed E-state index contributed by atoms with van der Waals surface area (Å²) in [5, 5.41) is 8.28. The van der Waals surface area contributed by atoms with Crippen LogP contribution < -0.4 is 10.2 Å². The van der Waals surface area contributed by atoms with Crippen LogP contribution in [0.25, 0.3) is 5.69 Å². The number of likely N-dealkylation sites (tertiary alicyclic amines) is 1. The zero-order valence-electron chi connectivity index (χ0n) is 30.8. The fraction of sp³-hybridized carbons (Fsp3) is 0.590. The Morgan fingerprint density at radius 2 is 1.80 bits per heavy atom. The monoisotopic (exact) mass is 685 g/mol. The highest BCUT2D eigenvalue weighted by Crippen LogP contribution is 2.33. The first-order chi connectivity index (χ1) is 23.9. The van der Waals surface area contributed by atoms with E-state index < -0.39 is 5.60 Å². The van der Waals surface area contributed by atoms with Gasteiger partial charge in [0.2, 0.25) is 0 Å². The minimum atomic E-state index is -0.530. The molecular formula is C39H55N7O4. The lowest BCUT2D eigenvalue weighted by molar-refractivity contribution is -0.141. The van der Waals surface area contributed by atoms with Gasteiger partial charge in [0, 0.05) is 68.8 Å². The van der Waals surface area contributed by atoms with Gasteiger partial charge in [-0.05, 0) is 121 Å². The number of hydrogen-bond acceptors (Lipinski definition) is 9. The number of hydrogen-bond donors (Lipinski definition) is 1. The second-order valence-electron chi connectivity index (χ2n) is 15.3. The number of fused-ring (bicyclic) bond motifs is 1. The summed E-state index contributed by atoms with van der Waals surface area (Å²) in [5.41, 5.74) is 7.11. The van der Waals surface area contributed by atoms with E-state index in [0.717, 1.165) is 86.0 Å². The van der Waals surface area contributed by atoms with Crippen molar-refractivity contribution in [1.29, 1.82) is 0 Å². The van der Waals surface area contributed by atoms with E-state index in [0.29, 0.717) is 38.5 Å². The SMILES string of the molecule is COC(=O)C[C@@H](CN1CC[C@@H](CCc2ccc3c(n2)NCCC3)C1)c1cc(N2CCN(C(=O)OC(C)(C)C)CC2)cc(-n2nc(C)cc2C)c1. The largest absolute Gasteiger partial charge is 0.469 e. The number of amides is 1. The van der Waals surface area contributed by atoms with Crippen molar-refractivity contribution in [3.05, 3.63) is 64.6 Å². The van der Waals surface area contributed by atoms with Crippen LogP contribution in [0.5, 0.6) is 0 Å². The Labute approximate surface area is 297 Å². The molecule has 5 heterocycles. The van der Waals surface area contributed by atoms with Gasteiger partial charge >= 0.3 is 12.1 Å². The molecule has 0 radical (unpaired) electrons. The highest BCUT2D eigenvalue weighted by atomic mass is 16.6. The van der Waals surface area contributed by atoms with Gasteiger partial charge in [-0.2, -0.15) is 5.10 Å². The number of carbonyl (C=O) groups excluding carboxylic acids is 2. The first-order valence-corrected chi connectivity index (χ1v) is 18.4. The summed E-state index contributed by atoms with van der Waals surface area (Å²) >= 11 is 0. The molecule has 2 saturated heterocycles. The van der Waals surface area contributed by atoms with Gasteiger partial charge in [-0.25, -0.2) is 14.5 Å². The van der Waals surface area contributed by atoms with E-state index in [-0.39, 0.29) is 18.0 Å². The van der Waals surface area contributed by atoms with E-state index in [2.05, 4.69) is 58.4 Å². The topological polar surface area (TPSA) is 105 Å². The van der Waals surface area contributed by atoms with Crippen molar-refractivity contribution in [2.24, 2.45) is 5.92 Å². The number of piperazine rings is 1. The van der Waals surface area contributed by atoms with Crippen LogP contribution >= 0.6 is 0 Å². The lowest BCUT2D eigenvalue weighted by Gasteiger charge is -2.37. The molecule has 2 fully saturated rings. The molecule has 1 N–H and O–H groups in total. The Hall–Kier alpha value is -4.12. The maximum atomic E-state index is 12.9. The molecule has 1 amide bonds. The van der Waals surface area contributed by atoms with Crippen molar-refractivity contribution in [3.8, 4) is 5.69 Å². The summed E-state index contributed by atoms with van der Waals surface area (Å²) in [6.07, 6.45) is 5.54. The first kappa shape index (κ1) is 35.7. The van der Waals surface area contributed by atoms with Gasteiger partial charge in [-0.3, -0.25) is 4.79 Å². The third-order valence-corrected chi connectivity index (χ3v) is 10.2. The lowest BCUT2D eigenvalue weighted by atomic mass is 9.93. The average Bonchev–Trinajstić information content (AvgIpc) is 3.70. The molecule has 3 aliphatic rings. The van der Waals surface area contributed by atoms with Crippen LogP contribution in [-0.2, 0) is 27.1 Å². The van der Waals surface area contributed by atoms with E-state index in [1.807, 2.05) is 32.4 Å². The molecule has 0 saturated carbocycles. The molecular weight excluding hydrogens is 630 g/mol. The lowest BCUT2D eigenvalue weighted by Crippen LogP contribution is -2.50. The summed E-state index contributed by atoms with van der Waals surface area (Å²) in [7, 11) is 1.47. The Morgan fingerprint density at radius 3 is 2.52 bits per heavy atom. The van der Waals surface area contributed by atoms with Crippen LogP contribution in [0.15, 0.2) is 36.4 Å². The summed E-state index contributed by atoms with van der Waals surface area (Å²) in [4.78, 5) is 37.2. The molecule has 50 heavy (non-hydrogen) atoms. The number of rotatable bonds is 10. The molecule has 1 aromatic carbocycles. The number of aromatic nitrogens is 3. The van der Waals surface area contributed by atoms with Crippen LogP contribution in [0.4, 0.5) is 16.3 Å². The fourth-order valence-corrected chi connectivity index (χ4v) is 7.58. The fourth-order valence-electron chi connectivity index (χ4n) is 7.58. The highest BCUT2D eigenvalue weighted by molar-refractivity contribution is 5.71. The molecule has 0 spiro atoms. The molecule has 3 aliphatic heterocycles. The molecule has 3 aromatic rings. The minimum absolute atomic E-state index is 0.0479. The van der Waals surface area contributed by atoms with Crippen molar-refractivity contribution >= 4 is 23.6 Å². The van der Waals surface area contributed by atoms with Gasteiger partial charge in [0.25, 0.3) is 0 Å². The molecule has 2 atom stereocenters. The second kappa shape index (κ2) is 15.4. The van der Waals surface area contributed by atoms with Gasteiger partial charge in [0.15, 0.2) is 0 Å². The smallest absolute Gasteiger partial charge is 0.410 e.